The van der Waals surface area contributed by atoms with Crippen molar-refractivity contribution in [2.75, 3.05) is 5.75 Å². The summed E-state index contributed by atoms with van der Waals surface area (Å²) in [5.74, 6) is -1.96. The lowest BCUT2D eigenvalue weighted by Crippen LogP contribution is -2.41. The van der Waals surface area contributed by atoms with Gasteiger partial charge < -0.3 is 10.4 Å². The number of benzene rings is 2. The van der Waals surface area contributed by atoms with Gasteiger partial charge in [0.25, 0.3) is 11.6 Å². The van der Waals surface area contributed by atoms with Crippen molar-refractivity contribution in [1.29, 1.82) is 0 Å². The van der Waals surface area contributed by atoms with Crippen LogP contribution in [0.1, 0.15) is 16.8 Å². The second-order valence-corrected chi connectivity index (χ2v) is 6.89. The van der Waals surface area contributed by atoms with E-state index in [1.54, 1.807) is 30.3 Å². The molecule has 2 N–H and O–H groups in total. The Morgan fingerprint density at radius 2 is 1.85 bits per heavy atom. The van der Waals surface area contributed by atoms with Crippen LogP contribution in [0.15, 0.2) is 59.5 Å². The van der Waals surface area contributed by atoms with Gasteiger partial charge in [0.15, 0.2) is 0 Å². The van der Waals surface area contributed by atoms with E-state index in [2.05, 4.69) is 5.32 Å². The maximum atomic E-state index is 12.2. The number of aliphatic carboxylic acids is 1. The molecule has 0 saturated heterocycles. The number of nitrogens with one attached hydrogen (secondary N) is 1. The second kappa shape index (κ2) is 8.86. The van der Waals surface area contributed by atoms with Crippen molar-refractivity contribution in [1.82, 2.24) is 5.32 Å². The molecule has 0 aliphatic rings. The minimum absolute atomic E-state index is 0.0189. The first-order valence-electron chi connectivity index (χ1n) is 7.60. The number of nitrogens with zero attached hydrogens (tertiary/aromatic N) is 1. The van der Waals surface area contributed by atoms with Gasteiger partial charge in [0.05, 0.1) is 15.7 Å². The van der Waals surface area contributed by atoms with Crippen molar-refractivity contribution in [2.24, 2.45) is 0 Å². The molecule has 9 heteroatoms. The Hall–Kier alpha value is -3.07. The molecule has 0 bridgehead atoms. The Kier molecular flexibility index (Phi) is 6.56. The second-order valence-electron chi connectivity index (χ2n) is 5.32. The zero-order valence-corrected chi connectivity index (χ0v) is 14.3. The highest BCUT2D eigenvalue weighted by Gasteiger charge is 2.22. The molecule has 0 heterocycles. The van der Waals surface area contributed by atoms with E-state index in [4.69, 9.17) is 0 Å². The molecule has 0 aromatic heterocycles. The molecule has 0 unspecified atom stereocenters. The van der Waals surface area contributed by atoms with E-state index in [9.17, 15) is 29.0 Å². The lowest BCUT2D eigenvalue weighted by atomic mass is 10.1. The molecule has 0 radical (unpaired) electrons. The molecule has 0 fully saturated rings. The van der Waals surface area contributed by atoms with Crippen LogP contribution in [0.5, 0.6) is 0 Å². The quantitative estimate of drug-likeness (QED) is 0.536. The van der Waals surface area contributed by atoms with Gasteiger partial charge >= 0.3 is 5.97 Å². The monoisotopic (exact) mass is 376 g/mol. The molecule has 0 aliphatic heterocycles. The third-order valence-electron chi connectivity index (χ3n) is 3.52. The Balaban J connectivity index is 2.02. The van der Waals surface area contributed by atoms with Crippen molar-refractivity contribution in [3.05, 3.63) is 70.3 Å². The van der Waals surface area contributed by atoms with Gasteiger partial charge in [0.2, 0.25) is 0 Å². The number of carboxylic acids is 1. The van der Waals surface area contributed by atoms with Crippen molar-refractivity contribution in [2.45, 2.75) is 17.4 Å². The molecule has 26 heavy (non-hydrogen) atoms. The smallest absolute Gasteiger partial charge is 0.326 e. The SMILES string of the molecule is O=C(N[C@H](CC[S@@](=O)c1ccccc1)C(=O)O)c1cccc([N+](=O)[O-])c1. The van der Waals surface area contributed by atoms with Crippen LogP contribution in [0.3, 0.4) is 0 Å². The number of non-ortho nitro benzene ring substituents is 1. The summed E-state index contributed by atoms with van der Waals surface area (Å²) in [6.45, 7) is 0. The zero-order chi connectivity index (χ0) is 19.1. The average Bonchev–Trinajstić information content (AvgIpc) is 2.65. The summed E-state index contributed by atoms with van der Waals surface area (Å²) < 4.78 is 12.2. The number of rotatable bonds is 8. The molecule has 2 aromatic carbocycles. The molecule has 2 atom stereocenters. The van der Waals surface area contributed by atoms with Crippen LogP contribution in [-0.4, -0.2) is 37.9 Å². The van der Waals surface area contributed by atoms with Crippen LogP contribution >= 0.6 is 0 Å². The van der Waals surface area contributed by atoms with Crippen molar-refractivity contribution in [3.63, 3.8) is 0 Å². The summed E-state index contributed by atoms with van der Waals surface area (Å²) in [7, 11) is -1.39. The maximum absolute atomic E-state index is 12.2. The van der Waals surface area contributed by atoms with Crippen LogP contribution in [0.25, 0.3) is 0 Å². The summed E-state index contributed by atoms with van der Waals surface area (Å²) in [4.78, 5) is 34.2. The van der Waals surface area contributed by atoms with E-state index in [-0.39, 0.29) is 23.4 Å². The lowest BCUT2D eigenvalue weighted by molar-refractivity contribution is -0.384. The number of hydrogen-bond donors (Lipinski definition) is 2. The van der Waals surface area contributed by atoms with Gasteiger partial charge in [-0.05, 0) is 24.6 Å². The van der Waals surface area contributed by atoms with Gasteiger partial charge in [0, 0.05) is 28.3 Å². The fraction of sp³-hybridized carbons (Fsp3) is 0.176. The topological polar surface area (TPSA) is 127 Å². The van der Waals surface area contributed by atoms with Crippen LogP contribution < -0.4 is 5.32 Å². The third-order valence-corrected chi connectivity index (χ3v) is 4.93. The van der Waals surface area contributed by atoms with E-state index < -0.39 is 33.6 Å². The first-order valence-corrected chi connectivity index (χ1v) is 8.92. The minimum atomic E-state index is -1.39. The molecule has 1 amide bonds. The standard InChI is InChI=1S/C17H16N2O6S/c20-16(12-5-4-6-13(11-12)19(23)24)18-15(17(21)22)9-10-26(25)14-7-2-1-3-8-14/h1-8,11,15H,9-10H2,(H,18,20)(H,21,22)/t15-,26-/m1/s1. The predicted molar refractivity (Wildman–Crippen MR) is 94.3 cm³/mol. The number of carbonyl (C=O) groups excluding carboxylic acids is 1. The number of hydrogen-bond acceptors (Lipinski definition) is 5. The minimum Gasteiger partial charge on any atom is -0.480 e. The van der Waals surface area contributed by atoms with Gasteiger partial charge in [-0.3, -0.25) is 19.1 Å². The highest BCUT2D eigenvalue weighted by Crippen LogP contribution is 2.14. The van der Waals surface area contributed by atoms with Crippen molar-refractivity contribution >= 4 is 28.4 Å². The largest absolute Gasteiger partial charge is 0.480 e. The molecular formula is C17H16N2O6S. The summed E-state index contributed by atoms with van der Waals surface area (Å²) in [5.41, 5.74) is -0.288. The van der Waals surface area contributed by atoms with E-state index in [0.717, 1.165) is 6.07 Å². The highest BCUT2D eigenvalue weighted by molar-refractivity contribution is 7.85. The number of amides is 1. The molecule has 136 valence electrons. The summed E-state index contributed by atoms with van der Waals surface area (Å²) in [6, 6.07) is 12.3. The maximum Gasteiger partial charge on any atom is 0.326 e. The Morgan fingerprint density at radius 3 is 2.46 bits per heavy atom. The van der Waals surface area contributed by atoms with Crippen LogP contribution in [0.2, 0.25) is 0 Å². The van der Waals surface area contributed by atoms with Crippen LogP contribution in [0.4, 0.5) is 5.69 Å². The predicted octanol–water partition coefficient (Wildman–Crippen LogP) is 1.98. The fourth-order valence-electron chi connectivity index (χ4n) is 2.17. The molecule has 2 rings (SSSR count). The highest BCUT2D eigenvalue weighted by atomic mass is 32.2. The van der Waals surface area contributed by atoms with Gasteiger partial charge in [-0.25, -0.2) is 4.79 Å². The summed E-state index contributed by atoms with van der Waals surface area (Å²) in [5, 5.41) is 22.3. The van der Waals surface area contributed by atoms with Gasteiger partial charge in [-0.1, -0.05) is 24.3 Å². The molecule has 0 saturated carbocycles. The fourth-order valence-corrected chi connectivity index (χ4v) is 3.32. The van der Waals surface area contributed by atoms with Crippen LogP contribution in [0, 0.1) is 10.1 Å². The van der Waals surface area contributed by atoms with Gasteiger partial charge in [-0.2, -0.15) is 0 Å². The Labute approximate surface area is 151 Å². The number of nitro benzene ring substituents is 1. The summed E-state index contributed by atoms with van der Waals surface area (Å²) >= 11 is 0. The van der Waals surface area contributed by atoms with Gasteiger partial charge in [-0.15, -0.1) is 0 Å². The number of nitro groups is 1. The summed E-state index contributed by atoms with van der Waals surface area (Å²) in [6.07, 6.45) is -0.0441. The van der Waals surface area contributed by atoms with E-state index >= 15 is 0 Å². The molecule has 0 aliphatic carbocycles. The number of carbonyl (C=O) groups is 2. The third kappa shape index (κ3) is 5.21. The molecular weight excluding hydrogens is 360 g/mol. The first-order chi connectivity index (χ1) is 12.4. The van der Waals surface area contributed by atoms with E-state index in [1.807, 2.05) is 0 Å². The zero-order valence-electron chi connectivity index (χ0n) is 13.5. The van der Waals surface area contributed by atoms with E-state index in [1.165, 1.54) is 18.2 Å². The Bertz CT molecular complexity index is 840. The van der Waals surface area contributed by atoms with Crippen molar-refractivity contribution in [3.8, 4) is 0 Å². The van der Waals surface area contributed by atoms with E-state index in [0.29, 0.717) is 4.90 Å². The molecule has 0 spiro atoms. The average molecular weight is 376 g/mol. The Morgan fingerprint density at radius 1 is 1.15 bits per heavy atom. The van der Waals surface area contributed by atoms with Crippen LogP contribution in [-0.2, 0) is 15.6 Å². The van der Waals surface area contributed by atoms with Crippen molar-refractivity contribution < 1.29 is 23.8 Å². The number of carboxylic acid groups (broad SMARTS) is 1. The first kappa shape index (κ1) is 19.3. The normalized spacial score (nSPS) is 12.8. The molecule has 2 aromatic rings. The van der Waals surface area contributed by atoms with Gasteiger partial charge in [0.1, 0.15) is 6.04 Å². The molecule has 8 nitrogen and oxygen atoms in total. The lowest BCUT2D eigenvalue weighted by Gasteiger charge is -2.14.